The predicted molar refractivity (Wildman–Crippen MR) is 111 cm³/mol. The van der Waals surface area contributed by atoms with Crippen molar-refractivity contribution in [3.8, 4) is 11.3 Å². The van der Waals surface area contributed by atoms with Gasteiger partial charge in [0.15, 0.2) is 6.61 Å². The highest BCUT2D eigenvalue weighted by Gasteiger charge is 2.19. The van der Waals surface area contributed by atoms with E-state index in [1.165, 1.54) is 28.2 Å². The van der Waals surface area contributed by atoms with E-state index in [9.17, 15) is 9.59 Å². The van der Waals surface area contributed by atoms with Gasteiger partial charge >= 0.3 is 5.97 Å². The SMILES string of the molecule is Cc1ccc(-c2cc(NC(=O)COC(=O)c3cc4c(s3)CCCCC4)on2)cc1. The average Bonchev–Trinajstić information content (AvgIpc) is 3.28. The summed E-state index contributed by atoms with van der Waals surface area (Å²) in [5, 5.41) is 6.53. The normalized spacial score (nSPS) is 13.4. The number of carbonyl (C=O) groups excluding carboxylic acids is 2. The average molecular weight is 410 g/mol. The lowest BCUT2D eigenvalue weighted by Crippen LogP contribution is -2.20. The second kappa shape index (κ2) is 8.61. The van der Waals surface area contributed by atoms with Gasteiger partial charge in [-0.1, -0.05) is 41.4 Å². The number of fused-ring (bicyclic) bond motifs is 1. The van der Waals surface area contributed by atoms with Gasteiger partial charge in [-0.2, -0.15) is 0 Å². The Morgan fingerprint density at radius 2 is 1.93 bits per heavy atom. The first-order valence-corrected chi connectivity index (χ1v) is 10.5. The van der Waals surface area contributed by atoms with Crippen LogP contribution in [0.1, 0.15) is 44.9 Å². The van der Waals surface area contributed by atoms with E-state index in [1.54, 1.807) is 6.07 Å². The number of benzene rings is 1. The first kappa shape index (κ1) is 19.4. The van der Waals surface area contributed by atoms with Crippen molar-refractivity contribution in [2.24, 2.45) is 0 Å². The van der Waals surface area contributed by atoms with E-state index in [-0.39, 0.29) is 12.5 Å². The molecule has 150 valence electrons. The maximum Gasteiger partial charge on any atom is 0.348 e. The molecule has 1 aromatic carbocycles. The lowest BCUT2D eigenvalue weighted by Gasteiger charge is -2.03. The summed E-state index contributed by atoms with van der Waals surface area (Å²) in [6, 6.07) is 11.4. The molecule has 0 atom stereocenters. The molecule has 1 amide bonds. The molecule has 0 saturated carbocycles. The molecule has 1 aliphatic rings. The lowest BCUT2D eigenvalue weighted by molar-refractivity contribution is -0.119. The van der Waals surface area contributed by atoms with Crippen LogP contribution in [0.4, 0.5) is 5.88 Å². The number of nitrogens with one attached hydrogen (secondary N) is 1. The summed E-state index contributed by atoms with van der Waals surface area (Å²) >= 11 is 1.48. The van der Waals surface area contributed by atoms with Gasteiger partial charge in [-0.15, -0.1) is 11.3 Å². The number of carbonyl (C=O) groups is 2. The van der Waals surface area contributed by atoms with E-state index in [0.29, 0.717) is 10.6 Å². The first-order valence-electron chi connectivity index (χ1n) is 9.71. The number of aryl methyl sites for hydroxylation is 3. The Kier molecular flexibility index (Phi) is 5.76. The monoisotopic (exact) mass is 410 g/mol. The summed E-state index contributed by atoms with van der Waals surface area (Å²) in [4.78, 5) is 26.2. The molecule has 0 unspecified atom stereocenters. The minimum absolute atomic E-state index is 0.212. The number of hydrogen-bond donors (Lipinski definition) is 1. The van der Waals surface area contributed by atoms with Crippen LogP contribution < -0.4 is 5.32 Å². The summed E-state index contributed by atoms with van der Waals surface area (Å²) in [6.45, 7) is 1.63. The van der Waals surface area contributed by atoms with Gasteiger partial charge in [-0.05, 0) is 44.2 Å². The van der Waals surface area contributed by atoms with E-state index in [0.717, 1.165) is 36.8 Å². The van der Waals surface area contributed by atoms with Crippen molar-refractivity contribution in [2.45, 2.75) is 39.0 Å². The van der Waals surface area contributed by atoms with Crippen LogP contribution in [0.2, 0.25) is 0 Å². The molecule has 4 rings (SSSR count). The third-order valence-corrected chi connectivity index (χ3v) is 6.12. The highest BCUT2D eigenvalue weighted by Crippen LogP contribution is 2.29. The van der Waals surface area contributed by atoms with Gasteiger partial charge in [0.05, 0.1) is 0 Å². The Balaban J connectivity index is 1.31. The van der Waals surface area contributed by atoms with Crippen LogP contribution in [0.15, 0.2) is 40.9 Å². The number of rotatable bonds is 5. The van der Waals surface area contributed by atoms with Crippen molar-refractivity contribution in [1.29, 1.82) is 0 Å². The minimum atomic E-state index is -0.469. The van der Waals surface area contributed by atoms with Gasteiger partial charge in [0.1, 0.15) is 10.6 Å². The van der Waals surface area contributed by atoms with Gasteiger partial charge in [0.2, 0.25) is 5.88 Å². The van der Waals surface area contributed by atoms with Crippen LogP contribution in [0, 0.1) is 6.92 Å². The minimum Gasteiger partial charge on any atom is -0.451 e. The highest BCUT2D eigenvalue weighted by atomic mass is 32.1. The molecule has 29 heavy (non-hydrogen) atoms. The zero-order chi connectivity index (χ0) is 20.2. The molecule has 7 heteroatoms. The number of amides is 1. The maximum atomic E-state index is 12.3. The van der Waals surface area contributed by atoms with Crippen molar-refractivity contribution < 1.29 is 18.8 Å². The fourth-order valence-corrected chi connectivity index (χ4v) is 4.49. The molecule has 6 nitrogen and oxygen atoms in total. The molecular formula is C22H22N2O4S. The molecular weight excluding hydrogens is 388 g/mol. The van der Waals surface area contributed by atoms with Gasteiger partial charge < -0.3 is 9.26 Å². The molecule has 2 aromatic heterocycles. The molecule has 0 fully saturated rings. The first-order chi connectivity index (χ1) is 14.1. The topological polar surface area (TPSA) is 81.4 Å². The number of ether oxygens (including phenoxy) is 1. The smallest absolute Gasteiger partial charge is 0.348 e. The van der Waals surface area contributed by atoms with Crippen molar-refractivity contribution in [1.82, 2.24) is 5.16 Å². The summed E-state index contributed by atoms with van der Waals surface area (Å²) in [7, 11) is 0. The molecule has 1 N–H and O–H groups in total. The number of aromatic nitrogens is 1. The third kappa shape index (κ3) is 4.74. The van der Waals surface area contributed by atoms with Crippen LogP contribution in [0.25, 0.3) is 11.3 Å². The number of esters is 1. The van der Waals surface area contributed by atoms with Crippen molar-refractivity contribution in [3.63, 3.8) is 0 Å². The standard InChI is InChI=1S/C22H22N2O4S/c1-14-7-9-15(10-8-14)17-12-21(28-24-17)23-20(25)13-27-22(26)19-11-16-5-3-2-4-6-18(16)29-19/h7-12H,2-6,13H2,1H3,(H,23,25). The predicted octanol–water partition coefficient (Wildman–Crippen LogP) is 4.78. The summed E-state index contributed by atoms with van der Waals surface area (Å²) in [6.07, 6.45) is 5.57. The summed E-state index contributed by atoms with van der Waals surface area (Å²) in [5.41, 5.74) is 3.91. The quantitative estimate of drug-likeness (QED) is 0.484. The lowest BCUT2D eigenvalue weighted by atomic mass is 10.1. The zero-order valence-corrected chi connectivity index (χ0v) is 17.0. The van der Waals surface area contributed by atoms with Gasteiger partial charge in [0.25, 0.3) is 5.91 Å². The summed E-state index contributed by atoms with van der Waals surface area (Å²) in [5.74, 6) is -0.719. The fraction of sp³-hybridized carbons (Fsp3) is 0.318. The van der Waals surface area contributed by atoms with E-state index >= 15 is 0 Å². The Bertz CT molecular complexity index is 996. The Labute approximate surface area is 172 Å². The maximum absolute atomic E-state index is 12.3. The molecule has 0 radical (unpaired) electrons. The van der Waals surface area contributed by atoms with Gasteiger partial charge in [0, 0.05) is 16.5 Å². The second-order valence-electron chi connectivity index (χ2n) is 7.19. The Morgan fingerprint density at radius 3 is 2.76 bits per heavy atom. The fourth-order valence-electron chi connectivity index (χ4n) is 3.34. The van der Waals surface area contributed by atoms with Crippen LogP contribution in [-0.4, -0.2) is 23.6 Å². The number of thiophene rings is 1. The van der Waals surface area contributed by atoms with Crippen LogP contribution in [0.3, 0.4) is 0 Å². The van der Waals surface area contributed by atoms with E-state index in [1.807, 2.05) is 37.3 Å². The molecule has 0 bridgehead atoms. The number of anilines is 1. The van der Waals surface area contributed by atoms with Crippen LogP contribution >= 0.6 is 11.3 Å². The van der Waals surface area contributed by atoms with Crippen LogP contribution in [-0.2, 0) is 22.4 Å². The van der Waals surface area contributed by atoms with Gasteiger partial charge in [-0.3, -0.25) is 10.1 Å². The van der Waals surface area contributed by atoms with E-state index in [2.05, 4.69) is 10.5 Å². The van der Waals surface area contributed by atoms with Crippen molar-refractivity contribution >= 4 is 29.1 Å². The number of hydrogen-bond acceptors (Lipinski definition) is 6. The Morgan fingerprint density at radius 1 is 1.14 bits per heavy atom. The molecule has 0 saturated heterocycles. The summed E-state index contributed by atoms with van der Waals surface area (Å²) < 4.78 is 10.3. The molecule has 0 aliphatic heterocycles. The molecule has 0 spiro atoms. The van der Waals surface area contributed by atoms with Gasteiger partial charge in [-0.25, -0.2) is 4.79 Å². The van der Waals surface area contributed by atoms with E-state index < -0.39 is 11.9 Å². The highest BCUT2D eigenvalue weighted by molar-refractivity contribution is 7.14. The third-order valence-electron chi connectivity index (χ3n) is 4.90. The molecule has 3 aromatic rings. The largest absolute Gasteiger partial charge is 0.451 e. The van der Waals surface area contributed by atoms with Crippen molar-refractivity contribution in [3.05, 3.63) is 57.3 Å². The van der Waals surface area contributed by atoms with E-state index in [4.69, 9.17) is 9.26 Å². The molecule has 1 aliphatic carbocycles. The molecule has 2 heterocycles. The zero-order valence-electron chi connectivity index (χ0n) is 16.2. The van der Waals surface area contributed by atoms with Crippen molar-refractivity contribution in [2.75, 3.05) is 11.9 Å². The number of nitrogens with zero attached hydrogens (tertiary/aromatic N) is 1. The second-order valence-corrected chi connectivity index (χ2v) is 8.32. The van der Waals surface area contributed by atoms with Crippen LogP contribution in [0.5, 0.6) is 0 Å². The Hall–Kier alpha value is -2.93.